The minimum atomic E-state index is -0.497. The van der Waals surface area contributed by atoms with Crippen LogP contribution < -0.4 is 4.74 Å². The average Bonchev–Trinajstić information content (AvgIpc) is 3.58. The fraction of sp³-hybridized carbons (Fsp3) is 0.269. The number of esters is 1. The molecule has 37 heavy (non-hydrogen) atoms. The molecule has 0 saturated carbocycles. The van der Waals surface area contributed by atoms with Crippen molar-refractivity contribution in [1.29, 1.82) is 0 Å². The van der Waals surface area contributed by atoms with E-state index in [9.17, 15) is 4.79 Å². The van der Waals surface area contributed by atoms with Gasteiger partial charge < -0.3 is 18.4 Å². The van der Waals surface area contributed by atoms with Crippen LogP contribution in [-0.4, -0.2) is 54.1 Å². The lowest BCUT2D eigenvalue weighted by atomic mass is 10.1. The fourth-order valence-corrected chi connectivity index (χ4v) is 4.37. The average molecular weight is 504 g/mol. The van der Waals surface area contributed by atoms with E-state index in [4.69, 9.17) is 9.47 Å². The zero-order valence-electron chi connectivity index (χ0n) is 21.2. The fourth-order valence-electron chi connectivity index (χ4n) is 4.37. The van der Waals surface area contributed by atoms with Crippen LogP contribution in [0.15, 0.2) is 42.7 Å². The number of hydrogen-bond acceptors (Lipinski definition) is 7. The number of halogens is 1. The zero-order chi connectivity index (χ0) is 26.3. The number of nitrogens with zero attached hydrogens (tertiary/aromatic N) is 7. The van der Waals surface area contributed by atoms with Crippen molar-refractivity contribution in [2.24, 2.45) is 0 Å². The van der Waals surface area contributed by atoms with Gasteiger partial charge in [0.25, 0.3) is 0 Å². The first-order valence-corrected chi connectivity index (χ1v) is 11.7. The van der Waals surface area contributed by atoms with Crippen molar-refractivity contribution >= 4 is 11.5 Å². The van der Waals surface area contributed by atoms with E-state index in [1.54, 1.807) is 41.6 Å². The lowest BCUT2D eigenvalue weighted by Gasteiger charge is -2.14. The van der Waals surface area contributed by atoms with E-state index in [2.05, 4.69) is 20.3 Å². The van der Waals surface area contributed by atoms with E-state index in [0.29, 0.717) is 41.7 Å². The molecule has 0 N–H and O–H groups in total. The molecule has 0 aliphatic heterocycles. The van der Waals surface area contributed by atoms with Gasteiger partial charge in [-0.3, -0.25) is 4.68 Å². The summed E-state index contributed by atoms with van der Waals surface area (Å²) in [7, 11) is 2.93. The molecule has 11 heteroatoms. The third kappa shape index (κ3) is 4.11. The van der Waals surface area contributed by atoms with Crippen LogP contribution in [0.2, 0.25) is 0 Å². The molecule has 0 radical (unpaired) electrons. The van der Waals surface area contributed by atoms with Gasteiger partial charge >= 0.3 is 5.97 Å². The summed E-state index contributed by atoms with van der Waals surface area (Å²) in [6, 6.07) is 9.26. The van der Waals surface area contributed by atoms with Crippen LogP contribution in [0.1, 0.15) is 34.4 Å². The van der Waals surface area contributed by atoms with E-state index in [0.717, 1.165) is 16.8 Å². The number of benzene rings is 1. The molecule has 0 atom stereocenters. The van der Waals surface area contributed by atoms with Gasteiger partial charge in [0, 0.05) is 18.3 Å². The van der Waals surface area contributed by atoms with Gasteiger partial charge in [0.05, 0.1) is 43.7 Å². The van der Waals surface area contributed by atoms with E-state index in [-0.39, 0.29) is 11.4 Å². The first kappa shape index (κ1) is 24.2. The highest BCUT2D eigenvalue weighted by Crippen LogP contribution is 2.32. The summed E-state index contributed by atoms with van der Waals surface area (Å²) in [6.07, 6.45) is 3.38. The van der Waals surface area contributed by atoms with Gasteiger partial charge in [0.1, 0.15) is 17.3 Å². The highest BCUT2D eigenvalue weighted by molar-refractivity contribution is 5.92. The van der Waals surface area contributed by atoms with E-state index < -0.39 is 11.8 Å². The van der Waals surface area contributed by atoms with Crippen LogP contribution in [0.25, 0.3) is 28.4 Å². The van der Waals surface area contributed by atoms with Crippen LogP contribution in [0, 0.1) is 19.7 Å². The molecule has 5 aromatic rings. The van der Waals surface area contributed by atoms with Crippen molar-refractivity contribution < 1.29 is 18.7 Å². The molecule has 0 aliphatic carbocycles. The molecule has 0 spiro atoms. The molecule has 4 heterocycles. The molecule has 0 aliphatic rings. The number of methoxy groups -OCH3 is 2. The number of fused-ring (bicyclic) bond motifs is 1. The maximum absolute atomic E-state index is 15.3. The number of aromatic nitrogens is 7. The molecule has 5 rings (SSSR count). The van der Waals surface area contributed by atoms with Crippen molar-refractivity contribution in [3.05, 3.63) is 71.2 Å². The Morgan fingerprint density at radius 3 is 2.49 bits per heavy atom. The van der Waals surface area contributed by atoms with Gasteiger partial charge in [-0.2, -0.15) is 5.10 Å². The summed E-state index contributed by atoms with van der Waals surface area (Å²) in [5.41, 5.74) is 3.10. The molecule has 0 fully saturated rings. The molecule has 4 aromatic heterocycles. The molecule has 1 aromatic carbocycles. The number of imidazole rings is 1. The predicted octanol–water partition coefficient (Wildman–Crippen LogP) is 4.08. The molecule has 0 bridgehead atoms. The number of ether oxygens (including phenoxy) is 2. The SMILES string of the molecule is CCn1nc(C)c(F)c1-c1nnc(-c2cc(C(=O)OC)cn3c(C)ncc23)n1Cc1ccc(OC)cc1. The monoisotopic (exact) mass is 503 g/mol. The van der Waals surface area contributed by atoms with Gasteiger partial charge in [-0.25, -0.2) is 14.2 Å². The quantitative estimate of drug-likeness (QED) is 0.309. The van der Waals surface area contributed by atoms with Gasteiger partial charge in [-0.1, -0.05) is 12.1 Å². The van der Waals surface area contributed by atoms with Crippen LogP contribution >= 0.6 is 0 Å². The van der Waals surface area contributed by atoms with Crippen molar-refractivity contribution in [2.45, 2.75) is 33.9 Å². The van der Waals surface area contributed by atoms with E-state index in [1.165, 1.54) is 7.11 Å². The predicted molar refractivity (Wildman–Crippen MR) is 134 cm³/mol. The van der Waals surface area contributed by atoms with Crippen LogP contribution in [-0.2, 0) is 17.8 Å². The minimum Gasteiger partial charge on any atom is -0.497 e. The van der Waals surface area contributed by atoms with Crippen LogP contribution in [0.3, 0.4) is 0 Å². The number of carbonyl (C=O) groups excluding carboxylic acids is 1. The summed E-state index contributed by atoms with van der Waals surface area (Å²) in [5, 5.41) is 13.2. The number of hydrogen-bond donors (Lipinski definition) is 0. The number of aryl methyl sites for hydroxylation is 3. The molecule has 0 amide bonds. The molecule has 10 nitrogen and oxygen atoms in total. The topological polar surface area (TPSA) is 101 Å². The first-order chi connectivity index (χ1) is 17.9. The van der Waals surface area contributed by atoms with Crippen molar-refractivity contribution in [2.75, 3.05) is 14.2 Å². The molecular formula is C26H26FN7O3. The summed E-state index contributed by atoms with van der Waals surface area (Å²) in [4.78, 5) is 16.9. The van der Waals surface area contributed by atoms with Gasteiger partial charge in [-0.15, -0.1) is 10.2 Å². The maximum atomic E-state index is 15.3. The van der Waals surface area contributed by atoms with Crippen LogP contribution in [0.4, 0.5) is 4.39 Å². The molecule has 0 saturated heterocycles. The third-order valence-electron chi connectivity index (χ3n) is 6.30. The first-order valence-electron chi connectivity index (χ1n) is 11.7. The number of pyridine rings is 1. The number of carbonyl (C=O) groups is 1. The Morgan fingerprint density at radius 1 is 1.08 bits per heavy atom. The Bertz CT molecular complexity index is 1620. The minimum absolute atomic E-state index is 0.247. The van der Waals surface area contributed by atoms with E-state index in [1.807, 2.05) is 42.7 Å². The Kier molecular flexibility index (Phi) is 6.20. The Morgan fingerprint density at radius 2 is 1.81 bits per heavy atom. The molecule has 0 unspecified atom stereocenters. The third-order valence-corrected chi connectivity index (χ3v) is 6.30. The normalized spacial score (nSPS) is 11.3. The van der Waals surface area contributed by atoms with Crippen molar-refractivity contribution in [3.63, 3.8) is 0 Å². The Labute approximate surface area is 212 Å². The largest absolute Gasteiger partial charge is 0.497 e. The van der Waals surface area contributed by atoms with Gasteiger partial charge in [-0.05, 0) is 44.5 Å². The summed E-state index contributed by atoms with van der Waals surface area (Å²) in [6.45, 7) is 6.13. The highest BCUT2D eigenvalue weighted by atomic mass is 19.1. The zero-order valence-corrected chi connectivity index (χ0v) is 21.2. The second kappa shape index (κ2) is 9.49. The van der Waals surface area contributed by atoms with Gasteiger partial charge in [0.2, 0.25) is 0 Å². The Hall–Kier alpha value is -4.54. The second-order valence-electron chi connectivity index (χ2n) is 8.54. The molecule has 190 valence electrons. The summed E-state index contributed by atoms with van der Waals surface area (Å²) >= 11 is 0. The highest BCUT2D eigenvalue weighted by Gasteiger charge is 2.26. The lowest BCUT2D eigenvalue weighted by molar-refractivity contribution is 0.0600. The number of rotatable bonds is 7. The summed E-state index contributed by atoms with van der Waals surface area (Å²) < 4.78 is 30.8. The van der Waals surface area contributed by atoms with E-state index >= 15 is 4.39 Å². The maximum Gasteiger partial charge on any atom is 0.339 e. The standard InChI is InChI=1S/C26H26FN7O3/c1-6-34-23(22(27)15(2)31-34)25-30-29-24(33(25)13-17-7-9-19(36-4)10-8-17)20-11-18(26(35)37-5)14-32-16(3)28-12-21(20)32/h7-12,14H,6,13H2,1-5H3. The Balaban J connectivity index is 1.78. The van der Waals surface area contributed by atoms with Crippen molar-refractivity contribution in [1.82, 2.24) is 33.9 Å². The lowest BCUT2D eigenvalue weighted by Crippen LogP contribution is -2.10. The second-order valence-corrected chi connectivity index (χ2v) is 8.54. The summed E-state index contributed by atoms with van der Waals surface area (Å²) in [5.74, 6) is 1.23. The van der Waals surface area contributed by atoms with Crippen LogP contribution in [0.5, 0.6) is 5.75 Å². The van der Waals surface area contributed by atoms with Crippen molar-refractivity contribution in [3.8, 4) is 28.7 Å². The molecular weight excluding hydrogens is 477 g/mol. The van der Waals surface area contributed by atoms with Gasteiger partial charge in [0.15, 0.2) is 17.5 Å². The smallest absolute Gasteiger partial charge is 0.339 e.